The van der Waals surface area contributed by atoms with E-state index in [4.69, 9.17) is 0 Å². The molecule has 1 N–H and O–H groups in total. The molecule has 25 heavy (non-hydrogen) atoms. The first-order valence-electron chi connectivity index (χ1n) is 8.15. The van der Waals surface area contributed by atoms with Crippen LogP contribution in [0.1, 0.15) is 29.6 Å². The highest BCUT2D eigenvalue weighted by atomic mass is 79.9. The Kier molecular flexibility index (Phi) is 5.56. The summed E-state index contributed by atoms with van der Waals surface area (Å²) in [6, 6.07) is 13.6. The van der Waals surface area contributed by atoms with Crippen molar-refractivity contribution < 1.29 is 13.2 Å². The lowest BCUT2D eigenvalue weighted by Crippen LogP contribution is -2.36. The van der Waals surface area contributed by atoms with E-state index < -0.39 is 15.9 Å². The molecule has 3 rings (SSSR count). The summed E-state index contributed by atoms with van der Waals surface area (Å²) in [6.45, 7) is 1.01. The van der Waals surface area contributed by atoms with Gasteiger partial charge in [-0.05, 0) is 53.0 Å². The van der Waals surface area contributed by atoms with Gasteiger partial charge in [0, 0.05) is 17.6 Å². The fraction of sp³-hybridized carbons (Fsp3) is 0.278. The molecule has 2 aromatic carbocycles. The maximum absolute atomic E-state index is 13.0. The van der Waals surface area contributed by atoms with Gasteiger partial charge >= 0.3 is 0 Å². The van der Waals surface area contributed by atoms with Crippen LogP contribution in [0.5, 0.6) is 0 Å². The molecule has 1 saturated heterocycles. The van der Waals surface area contributed by atoms with E-state index in [0.29, 0.717) is 18.8 Å². The second kappa shape index (κ2) is 7.68. The number of piperidine rings is 1. The van der Waals surface area contributed by atoms with Crippen molar-refractivity contribution >= 4 is 37.5 Å². The van der Waals surface area contributed by atoms with E-state index in [1.807, 2.05) is 12.1 Å². The average molecular weight is 423 g/mol. The molecule has 132 valence electrons. The standard InChI is InChI=1S/C18H19BrN2O3S/c19-15-9-3-4-10-16(15)20-18(22)14-8-2-5-11-17(14)25(23,24)21-12-6-1-7-13-21/h2-5,8-11H,1,6-7,12-13H2,(H,20,22). The first-order valence-corrected chi connectivity index (χ1v) is 10.4. The molecule has 0 radical (unpaired) electrons. The molecule has 0 aromatic heterocycles. The zero-order valence-electron chi connectivity index (χ0n) is 13.6. The SMILES string of the molecule is O=C(Nc1ccccc1Br)c1ccccc1S(=O)(=O)N1CCCCC1. The summed E-state index contributed by atoms with van der Waals surface area (Å²) in [7, 11) is -3.68. The Bertz CT molecular complexity index is 877. The van der Waals surface area contributed by atoms with Crippen molar-refractivity contribution in [3.8, 4) is 0 Å². The van der Waals surface area contributed by atoms with Crippen LogP contribution in [0.4, 0.5) is 5.69 Å². The van der Waals surface area contributed by atoms with Crippen LogP contribution in [-0.2, 0) is 10.0 Å². The number of hydrogen-bond donors (Lipinski definition) is 1. The summed E-state index contributed by atoms with van der Waals surface area (Å²) in [5.74, 6) is -0.442. The fourth-order valence-corrected chi connectivity index (χ4v) is 4.97. The minimum absolute atomic E-state index is 0.0569. The van der Waals surface area contributed by atoms with Gasteiger partial charge in [0.25, 0.3) is 5.91 Å². The van der Waals surface area contributed by atoms with Crippen LogP contribution >= 0.6 is 15.9 Å². The molecule has 1 fully saturated rings. The molecule has 0 spiro atoms. The number of benzene rings is 2. The summed E-state index contributed by atoms with van der Waals surface area (Å²) in [6.07, 6.45) is 2.74. The fourth-order valence-electron chi connectivity index (χ4n) is 2.88. The number of rotatable bonds is 4. The van der Waals surface area contributed by atoms with Crippen LogP contribution in [0.3, 0.4) is 0 Å². The second-order valence-electron chi connectivity index (χ2n) is 5.89. The monoisotopic (exact) mass is 422 g/mol. The van der Waals surface area contributed by atoms with Crippen molar-refractivity contribution in [3.63, 3.8) is 0 Å². The Labute approximate surface area is 156 Å². The first kappa shape index (κ1) is 18.1. The van der Waals surface area contributed by atoms with Crippen LogP contribution in [0.2, 0.25) is 0 Å². The zero-order valence-corrected chi connectivity index (χ0v) is 16.0. The van der Waals surface area contributed by atoms with Crippen LogP contribution in [0, 0.1) is 0 Å². The number of nitrogens with one attached hydrogen (secondary N) is 1. The molecule has 0 saturated carbocycles. The predicted molar refractivity (Wildman–Crippen MR) is 101 cm³/mol. The third-order valence-electron chi connectivity index (χ3n) is 4.19. The molecule has 1 heterocycles. The summed E-state index contributed by atoms with van der Waals surface area (Å²) in [4.78, 5) is 12.8. The Morgan fingerprint density at radius 1 is 0.960 bits per heavy atom. The summed E-state index contributed by atoms with van der Waals surface area (Å²) < 4.78 is 28.1. The third kappa shape index (κ3) is 3.94. The van der Waals surface area contributed by atoms with Crippen LogP contribution < -0.4 is 5.32 Å². The largest absolute Gasteiger partial charge is 0.321 e. The molecule has 7 heteroatoms. The maximum Gasteiger partial charge on any atom is 0.257 e. The topological polar surface area (TPSA) is 66.5 Å². The molecular formula is C18H19BrN2O3S. The Balaban J connectivity index is 1.93. The maximum atomic E-state index is 13.0. The van der Waals surface area contributed by atoms with E-state index in [2.05, 4.69) is 21.2 Å². The third-order valence-corrected chi connectivity index (χ3v) is 6.83. The van der Waals surface area contributed by atoms with Gasteiger partial charge < -0.3 is 5.32 Å². The van der Waals surface area contributed by atoms with Gasteiger partial charge in [0.15, 0.2) is 0 Å². The summed E-state index contributed by atoms with van der Waals surface area (Å²) in [5.41, 5.74) is 0.751. The lowest BCUT2D eigenvalue weighted by atomic mass is 10.2. The molecule has 2 aromatic rings. The average Bonchev–Trinajstić information content (AvgIpc) is 2.64. The van der Waals surface area contributed by atoms with Crippen LogP contribution in [0.15, 0.2) is 57.9 Å². The highest BCUT2D eigenvalue weighted by Crippen LogP contribution is 2.26. The van der Waals surface area contributed by atoms with E-state index in [1.165, 1.54) is 10.4 Å². The number of halogens is 1. The number of anilines is 1. The number of nitrogens with zero attached hydrogens (tertiary/aromatic N) is 1. The van der Waals surface area contributed by atoms with Crippen molar-refractivity contribution in [3.05, 3.63) is 58.6 Å². The Morgan fingerprint density at radius 3 is 2.32 bits per heavy atom. The number of sulfonamides is 1. The van der Waals surface area contributed by atoms with Crippen LogP contribution in [0.25, 0.3) is 0 Å². The van der Waals surface area contributed by atoms with Gasteiger partial charge in [-0.15, -0.1) is 0 Å². The smallest absolute Gasteiger partial charge is 0.257 e. The van der Waals surface area contributed by atoms with E-state index in [1.54, 1.807) is 30.3 Å². The van der Waals surface area contributed by atoms with Gasteiger partial charge in [0.1, 0.15) is 0 Å². The van der Waals surface area contributed by atoms with Gasteiger partial charge in [-0.3, -0.25) is 4.79 Å². The summed E-state index contributed by atoms with van der Waals surface area (Å²) >= 11 is 3.38. The number of para-hydroxylation sites is 1. The van der Waals surface area contributed by atoms with E-state index in [9.17, 15) is 13.2 Å². The van der Waals surface area contributed by atoms with E-state index in [0.717, 1.165) is 23.7 Å². The Morgan fingerprint density at radius 2 is 1.60 bits per heavy atom. The van der Waals surface area contributed by atoms with Gasteiger partial charge in [0.2, 0.25) is 10.0 Å². The molecule has 5 nitrogen and oxygen atoms in total. The van der Waals surface area contributed by atoms with Gasteiger partial charge in [-0.25, -0.2) is 8.42 Å². The first-order chi connectivity index (χ1) is 12.0. The molecule has 1 amide bonds. The molecule has 0 bridgehead atoms. The summed E-state index contributed by atoms with van der Waals surface area (Å²) in [5, 5.41) is 2.77. The van der Waals surface area contributed by atoms with Crippen molar-refractivity contribution in [1.29, 1.82) is 0 Å². The second-order valence-corrected chi connectivity index (χ2v) is 8.66. The van der Waals surface area contributed by atoms with Crippen molar-refractivity contribution in [2.24, 2.45) is 0 Å². The quantitative estimate of drug-likeness (QED) is 0.812. The molecular weight excluding hydrogens is 404 g/mol. The number of hydrogen-bond acceptors (Lipinski definition) is 3. The number of carbonyl (C=O) groups excluding carboxylic acids is 1. The minimum Gasteiger partial charge on any atom is -0.321 e. The van der Waals surface area contributed by atoms with Crippen molar-refractivity contribution in [2.75, 3.05) is 18.4 Å². The van der Waals surface area contributed by atoms with Crippen LogP contribution in [-0.4, -0.2) is 31.7 Å². The molecule has 0 aliphatic carbocycles. The van der Waals surface area contributed by atoms with E-state index in [-0.39, 0.29) is 10.5 Å². The molecule has 0 atom stereocenters. The Hall–Kier alpha value is -1.70. The highest BCUT2D eigenvalue weighted by Gasteiger charge is 2.29. The lowest BCUT2D eigenvalue weighted by molar-refractivity contribution is 0.102. The van der Waals surface area contributed by atoms with E-state index >= 15 is 0 Å². The van der Waals surface area contributed by atoms with Crippen molar-refractivity contribution in [2.45, 2.75) is 24.2 Å². The highest BCUT2D eigenvalue weighted by molar-refractivity contribution is 9.10. The minimum atomic E-state index is -3.68. The predicted octanol–water partition coefficient (Wildman–Crippen LogP) is 3.88. The zero-order chi connectivity index (χ0) is 17.9. The van der Waals surface area contributed by atoms with Gasteiger partial charge in [-0.2, -0.15) is 4.31 Å². The molecule has 0 unspecified atom stereocenters. The normalized spacial score (nSPS) is 15.7. The van der Waals surface area contributed by atoms with Gasteiger partial charge in [-0.1, -0.05) is 30.7 Å². The van der Waals surface area contributed by atoms with Gasteiger partial charge in [0.05, 0.1) is 16.1 Å². The van der Waals surface area contributed by atoms with Crippen molar-refractivity contribution in [1.82, 2.24) is 4.31 Å². The molecule has 1 aliphatic heterocycles. The molecule has 1 aliphatic rings. The number of carbonyl (C=O) groups is 1. The number of amides is 1. The lowest BCUT2D eigenvalue weighted by Gasteiger charge is -2.26.